The predicted molar refractivity (Wildman–Crippen MR) is 57.6 cm³/mol. The zero-order chi connectivity index (χ0) is 12.6. The lowest BCUT2D eigenvalue weighted by atomic mass is 9.97. The third-order valence-corrected chi connectivity index (χ3v) is 3.12. The van der Waals surface area contributed by atoms with Crippen molar-refractivity contribution < 1.29 is 19.4 Å². The smallest absolute Gasteiger partial charge is 0.358 e. The number of carbonyl (C=O) groups excluding carboxylic acids is 1. The summed E-state index contributed by atoms with van der Waals surface area (Å²) in [6, 6.07) is 0. The van der Waals surface area contributed by atoms with E-state index >= 15 is 0 Å². The van der Waals surface area contributed by atoms with E-state index < -0.39 is 17.4 Å². The molecular weight excluding hydrogens is 224 g/mol. The summed E-state index contributed by atoms with van der Waals surface area (Å²) in [5.41, 5.74) is 0.146. The Bertz CT molecular complexity index is 474. The van der Waals surface area contributed by atoms with Gasteiger partial charge in [0.2, 0.25) is 0 Å². The number of ether oxygens (including phenoxy) is 1. The molecule has 1 aliphatic rings. The number of carboxylic acids is 1. The third kappa shape index (κ3) is 2.02. The van der Waals surface area contributed by atoms with Crippen LogP contribution in [-0.2, 0) is 23.0 Å². The molecule has 0 amide bonds. The Balaban J connectivity index is 2.27. The van der Waals surface area contributed by atoms with Gasteiger partial charge < -0.3 is 9.84 Å². The Hall–Kier alpha value is -1.85. The van der Waals surface area contributed by atoms with Crippen molar-refractivity contribution in [1.29, 1.82) is 0 Å². The van der Waals surface area contributed by atoms with E-state index in [-0.39, 0.29) is 5.69 Å². The molecule has 1 aliphatic carbocycles. The topological polar surface area (TPSA) is 81.4 Å². The van der Waals surface area contributed by atoms with Gasteiger partial charge in [0.05, 0.1) is 12.5 Å². The number of esters is 1. The maximum atomic E-state index is 11.5. The number of hydrogen-bond donors (Lipinski definition) is 1. The Kier molecular flexibility index (Phi) is 2.65. The molecule has 0 bridgehead atoms. The van der Waals surface area contributed by atoms with Gasteiger partial charge in [0, 0.05) is 18.8 Å². The molecule has 1 saturated carbocycles. The average molecular weight is 238 g/mol. The number of methoxy groups -OCH3 is 1. The predicted octanol–water partition coefficient (Wildman–Crippen LogP) is 0.614. The van der Waals surface area contributed by atoms with Crippen LogP contribution in [0.25, 0.3) is 0 Å². The summed E-state index contributed by atoms with van der Waals surface area (Å²) in [4.78, 5) is 22.6. The zero-order valence-corrected chi connectivity index (χ0v) is 9.77. The lowest BCUT2D eigenvalue weighted by molar-refractivity contribution is -0.143. The fourth-order valence-corrected chi connectivity index (χ4v) is 1.92. The van der Waals surface area contributed by atoms with Crippen LogP contribution in [0.5, 0.6) is 0 Å². The van der Waals surface area contributed by atoms with Crippen LogP contribution in [-0.4, -0.2) is 33.9 Å². The quantitative estimate of drug-likeness (QED) is 0.777. The van der Waals surface area contributed by atoms with E-state index in [2.05, 4.69) is 9.84 Å². The van der Waals surface area contributed by atoms with Gasteiger partial charge >= 0.3 is 11.9 Å². The molecule has 0 aromatic carbocycles. The second-order valence-electron chi connectivity index (χ2n) is 4.43. The van der Waals surface area contributed by atoms with Gasteiger partial charge in [-0.2, -0.15) is 5.10 Å². The van der Waals surface area contributed by atoms with Crippen molar-refractivity contribution in [2.45, 2.75) is 19.3 Å². The molecule has 1 aromatic heterocycles. The number of aliphatic carboxylic acids is 1. The minimum Gasteiger partial charge on any atom is -0.481 e. The number of nitrogens with zero attached hydrogens (tertiary/aromatic N) is 2. The van der Waals surface area contributed by atoms with Crippen LogP contribution in [0.1, 0.15) is 28.9 Å². The first-order valence-corrected chi connectivity index (χ1v) is 5.33. The van der Waals surface area contributed by atoms with Gasteiger partial charge in [-0.05, 0) is 19.3 Å². The van der Waals surface area contributed by atoms with Crippen LogP contribution < -0.4 is 0 Å². The van der Waals surface area contributed by atoms with Crippen molar-refractivity contribution in [3.8, 4) is 0 Å². The Morgan fingerprint density at radius 2 is 2.24 bits per heavy atom. The summed E-state index contributed by atoms with van der Waals surface area (Å²) < 4.78 is 6.12. The van der Waals surface area contributed by atoms with Crippen molar-refractivity contribution in [2.75, 3.05) is 7.11 Å². The summed E-state index contributed by atoms with van der Waals surface area (Å²) in [5, 5.41) is 13.1. The fraction of sp³-hybridized carbons (Fsp3) is 0.545. The summed E-state index contributed by atoms with van der Waals surface area (Å²) in [6.45, 7) is 0. The van der Waals surface area contributed by atoms with E-state index in [1.165, 1.54) is 11.8 Å². The number of carbonyl (C=O) groups is 2. The summed E-state index contributed by atoms with van der Waals surface area (Å²) in [5.74, 6) is -1.33. The summed E-state index contributed by atoms with van der Waals surface area (Å²) in [7, 11) is 2.97. The van der Waals surface area contributed by atoms with Crippen molar-refractivity contribution in [1.82, 2.24) is 9.78 Å². The molecule has 6 heteroatoms. The molecule has 17 heavy (non-hydrogen) atoms. The molecule has 0 radical (unpaired) electrons. The highest BCUT2D eigenvalue weighted by molar-refractivity contribution is 5.89. The van der Waals surface area contributed by atoms with E-state index in [0.717, 1.165) is 0 Å². The number of hydrogen-bond acceptors (Lipinski definition) is 4. The third-order valence-electron chi connectivity index (χ3n) is 3.12. The van der Waals surface area contributed by atoms with Crippen molar-refractivity contribution in [3.05, 3.63) is 17.5 Å². The largest absolute Gasteiger partial charge is 0.481 e. The minimum absolute atomic E-state index is 0.211. The van der Waals surface area contributed by atoms with Crippen LogP contribution in [0.3, 0.4) is 0 Å². The highest BCUT2D eigenvalue weighted by Crippen LogP contribution is 2.48. The van der Waals surface area contributed by atoms with Crippen LogP contribution in [0, 0.1) is 5.41 Å². The van der Waals surface area contributed by atoms with Crippen molar-refractivity contribution >= 4 is 11.9 Å². The summed E-state index contributed by atoms with van der Waals surface area (Å²) >= 11 is 0. The van der Waals surface area contributed by atoms with Gasteiger partial charge in [-0.25, -0.2) is 4.79 Å². The minimum atomic E-state index is -0.808. The van der Waals surface area contributed by atoms with E-state index in [0.29, 0.717) is 24.8 Å². The molecule has 92 valence electrons. The molecule has 1 aromatic rings. The van der Waals surface area contributed by atoms with E-state index in [1.807, 2.05) is 0 Å². The van der Waals surface area contributed by atoms with Gasteiger partial charge in [-0.1, -0.05) is 0 Å². The number of rotatable bonds is 4. The second-order valence-corrected chi connectivity index (χ2v) is 4.43. The van der Waals surface area contributed by atoms with Crippen molar-refractivity contribution in [2.24, 2.45) is 12.5 Å². The van der Waals surface area contributed by atoms with Gasteiger partial charge in [0.15, 0.2) is 5.69 Å². The number of aryl methyl sites for hydroxylation is 1. The van der Waals surface area contributed by atoms with Crippen LogP contribution >= 0.6 is 0 Å². The first-order chi connectivity index (χ1) is 7.98. The van der Waals surface area contributed by atoms with E-state index in [4.69, 9.17) is 5.11 Å². The van der Waals surface area contributed by atoms with Gasteiger partial charge in [-0.3, -0.25) is 9.48 Å². The van der Waals surface area contributed by atoms with Gasteiger partial charge in [0.25, 0.3) is 0 Å². The normalized spacial score (nSPS) is 16.6. The maximum absolute atomic E-state index is 11.5. The second kappa shape index (κ2) is 3.87. The fourth-order valence-electron chi connectivity index (χ4n) is 1.92. The standard InChI is InChI=1S/C11H14N2O4/c1-13-6-7(8(12-13)9(14)17-2)5-11(3-4-11)10(15)16/h6H,3-5H2,1-2H3,(H,15,16). The first kappa shape index (κ1) is 11.6. The molecule has 0 unspecified atom stereocenters. The van der Waals surface area contributed by atoms with Crippen LogP contribution in [0.4, 0.5) is 0 Å². The lowest BCUT2D eigenvalue weighted by Gasteiger charge is -2.08. The Morgan fingerprint density at radius 3 is 2.71 bits per heavy atom. The van der Waals surface area contributed by atoms with Crippen LogP contribution in [0.2, 0.25) is 0 Å². The molecular formula is C11H14N2O4. The molecule has 2 rings (SSSR count). The van der Waals surface area contributed by atoms with Crippen LogP contribution in [0.15, 0.2) is 6.20 Å². The first-order valence-electron chi connectivity index (χ1n) is 5.33. The zero-order valence-electron chi connectivity index (χ0n) is 9.77. The molecule has 1 heterocycles. The Labute approximate surface area is 98.2 Å². The van der Waals surface area contributed by atoms with Crippen molar-refractivity contribution in [3.63, 3.8) is 0 Å². The molecule has 0 aliphatic heterocycles. The molecule has 6 nitrogen and oxygen atoms in total. The van der Waals surface area contributed by atoms with Gasteiger partial charge in [0.1, 0.15) is 0 Å². The summed E-state index contributed by atoms with van der Waals surface area (Å²) in [6.07, 6.45) is 3.31. The van der Waals surface area contributed by atoms with E-state index in [9.17, 15) is 9.59 Å². The highest BCUT2D eigenvalue weighted by Gasteiger charge is 2.50. The SMILES string of the molecule is COC(=O)c1nn(C)cc1CC1(C(=O)O)CC1. The van der Waals surface area contributed by atoms with Gasteiger partial charge in [-0.15, -0.1) is 0 Å². The molecule has 0 saturated heterocycles. The lowest BCUT2D eigenvalue weighted by Crippen LogP contribution is -2.19. The average Bonchev–Trinajstić information content (AvgIpc) is 2.96. The molecule has 1 N–H and O–H groups in total. The monoisotopic (exact) mass is 238 g/mol. The molecule has 1 fully saturated rings. The van der Waals surface area contributed by atoms with E-state index in [1.54, 1.807) is 13.2 Å². The molecule has 0 spiro atoms. The maximum Gasteiger partial charge on any atom is 0.358 e. The highest BCUT2D eigenvalue weighted by atomic mass is 16.5. The molecule has 0 atom stereocenters. The Morgan fingerprint density at radius 1 is 1.59 bits per heavy atom. The number of carboxylic acid groups (broad SMARTS) is 1. The number of aromatic nitrogens is 2.